The van der Waals surface area contributed by atoms with Crippen molar-refractivity contribution in [1.82, 2.24) is 4.90 Å². The molecule has 2 aromatic carbocycles. The molecule has 1 N–H and O–H groups in total. The summed E-state index contributed by atoms with van der Waals surface area (Å²) >= 11 is -0.723. The van der Waals surface area contributed by atoms with Crippen LogP contribution in [0.5, 0.6) is 5.75 Å². The first-order valence-corrected chi connectivity index (χ1v) is 12.5. The Labute approximate surface area is 197 Å². The van der Waals surface area contributed by atoms with Gasteiger partial charge in [0.1, 0.15) is 10.8 Å². The van der Waals surface area contributed by atoms with Crippen molar-refractivity contribution in [3.05, 3.63) is 59.7 Å². The fourth-order valence-electron chi connectivity index (χ4n) is 4.32. The van der Waals surface area contributed by atoms with Gasteiger partial charge in [-0.15, -0.1) is 24.5 Å². The number of anilines is 1. The summed E-state index contributed by atoms with van der Waals surface area (Å²) in [4.78, 5) is 2.29. The van der Waals surface area contributed by atoms with Crippen LogP contribution in [0.4, 0.5) is 18.2 Å². The zero-order chi connectivity index (χ0) is 23.6. The van der Waals surface area contributed by atoms with Crippen LogP contribution in [0.2, 0.25) is 0 Å². The molecule has 3 aromatic rings. The molecule has 1 aliphatic heterocycles. The Morgan fingerprint density at radius 2 is 1.82 bits per heavy atom. The average Bonchev–Trinajstić information content (AvgIpc) is 3.40. The van der Waals surface area contributed by atoms with Crippen LogP contribution in [0, 0.1) is 6.92 Å². The molecule has 2 unspecified atom stereocenters. The van der Waals surface area contributed by atoms with Crippen LogP contribution in [-0.2, 0) is 17.7 Å². The van der Waals surface area contributed by atoms with Gasteiger partial charge in [-0.1, -0.05) is 30.3 Å². The molecule has 0 spiro atoms. The van der Waals surface area contributed by atoms with E-state index in [1.165, 1.54) is 27.8 Å². The Bertz CT molecular complexity index is 1110. The molecule has 1 saturated heterocycles. The van der Waals surface area contributed by atoms with E-state index in [4.69, 9.17) is 0 Å². The third-order valence-electron chi connectivity index (χ3n) is 5.90. The van der Waals surface area contributed by atoms with Gasteiger partial charge in [0, 0.05) is 10.7 Å². The van der Waals surface area contributed by atoms with Crippen LogP contribution in [0.15, 0.2) is 48.5 Å². The molecular formula is C23H25F3N2O3S2. The van der Waals surface area contributed by atoms with Gasteiger partial charge >= 0.3 is 6.36 Å². The minimum Gasteiger partial charge on any atom is -0.406 e. The molecule has 5 nitrogen and oxygen atoms in total. The summed E-state index contributed by atoms with van der Waals surface area (Å²) in [6, 6.07) is 13.7. The van der Waals surface area contributed by atoms with E-state index < -0.39 is 17.6 Å². The van der Waals surface area contributed by atoms with Crippen molar-refractivity contribution >= 4 is 37.7 Å². The average molecular weight is 499 g/mol. The molecule has 1 aliphatic rings. The normalized spacial score (nSPS) is 16.8. The summed E-state index contributed by atoms with van der Waals surface area (Å²) in [5, 5.41) is 1.82. The lowest BCUT2D eigenvalue weighted by atomic mass is 10.0. The number of hydrogen-bond acceptors (Lipinski definition) is 4. The van der Waals surface area contributed by atoms with Crippen molar-refractivity contribution in [1.29, 1.82) is 0 Å². The predicted molar refractivity (Wildman–Crippen MR) is 126 cm³/mol. The van der Waals surface area contributed by atoms with Gasteiger partial charge in [-0.2, -0.15) is 0 Å². The molecule has 4 rings (SSSR count). The maximum absolute atomic E-state index is 12.5. The minimum atomic E-state index is -4.73. The molecule has 1 aromatic heterocycles. The first kappa shape index (κ1) is 24.0. The van der Waals surface area contributed by atoms with Crippen LogP contribution in [0.3, 0.4) is 0 Å². The smallest absolute Gasteiger partial charge is 0.406 e. The first-order chi connectivity index (χ1) is 15.7. The van der Waals surface area contributed by atoms with Crippen LogP contribution < -0.4 is 9.04 Å². The quantitative estimate of drug-likeness (QED) is 0.402. The van der Waals surface area contributed by atoms with Crippen molar-refractivity contribution in [2.75, 3.05) is 23.9 Å². The molecule has 0 bridgehead atoms. The number of nitrogens with zero attached hydrogens (tertiary/aromatic N) is 2. The lowest BCUT2D eigenvalue weighted by Crippen LogP contribution is -2.44. The predicted octanol–water partition coefficient (Wildman–Crippen LogP) is 5.76. The summed E-state index contributed by atoms with van der Waals surface area (Å²) < 4.78 is 66.5. The van der Waals surface area contributed by atoms with Gasteiger partial charge in [-0.05, 0) is 74.0 Å². The Morgan fingerprint density at radius 3 is 2.42 bits per heavy atom. The van der Waals surface area contributed by atoms with Gasteiger partial charge in [0.15, 0.2) is 0 Å². The third-order valence-corrected chi connectivity index (χ3v) is 8.02. The number of thiophene rings is 1. The van der Waals surface area contributed by atoms with Gasteiger partial charge in [-0.25, -0.2) is 4.21 Å². The Hall–Kier alpha value is -2.14. The van der Waals surface area contributed by atoms with E-state index in [0.717, 1.165) is 52.1 Å². The van der Waals surface area contributed by atoms with E-state index >= 15 is 0 Å². The summed E-state index contributed by atoms with van der Waals surface area (Å²) in [5.74, 6) is -0.261. The number of alkyl halides is 3. The molecule has 1 fully saturated rings. The molecule has 0 radical (unpaired) electrons. The van der Waals surface area contributed by atoms with Crippen molar-refractivity contribution in [2.24, 2.45) is 0 Å². The Morgan fingerprint density at radius 1 is 1.15 bits per heavy atom. The highest BCUT2D eigenvalue weighted by Crippen LogP contribution is 2.38. The second-order valence-electron chi connectivity index (χ2n) is 8.11. The molecule has 0 amide bonds. The molecule has 33 heavy (non-hydrogen) atoms. The second-order valence-corrected chi connectivity index (χ2v) is 10.0. The summed E-state index contributed by atoms with van der Waals surface area (Å²) in [7, 11) is 0. The van der Waals surface area contributed by atoms with E-state index in [1.54, 1.807) is 12.1 Å². The monoisotopic (exact) mass is 498 g/mol. The number of ether oxygens (including phenoxy) is 1. The summed E-state index contributed by atoms with van der Waals surface area (Å²) in [6.07, 6.45) is -2.07. The third kappa shape index (κ3) is 5.87. The van der Waals surface area contributed by atoms with Crippen molar-refractivity contribution < 1.29 is 26.7 Å². The Balaban J connectivity index is 1.58. The topological polar surface area (TPSA) is 53.0 Å². The highest BCUT2D eigenvalue weighted by Gasteiger charge is 2.31. The van der Waals surface area contributed by atoms with Crippen LogP contribution in [0.25, 0.3) is 10.1 Å². The van der Waals surface area contributed by atoms with Crippen molar-refractivity contribution in [2.45, 2.75) is 38.6 Å². The van der Waals surface area contributed by atoms with E-state index in [1.807, 2.05) is 31.2 Å². The molecule has 178 valence electrons. The van der Waals surface area contributed by atoms with Gasteiger partial charge in [0.25, 0.3) is 11.3 Å². The highest BCUT2D eigenvalue weighted by atomic mass is 32.2. The molecule has 0 saturated carbocycles. The molecule has 10 heteroatoms. The zero-order valence-corrected chi connectivity index (χ0v) is 19.7. The van der Waals surface area contributed by atoms with Gasteiger partial charge in [-0.3, -0.25) is 13.8 Å². The number of rotatable bonds is 8. The maximum Gasteiger partial charge on any atom is 0.573 e. The zero-order valence-electron chi connectivity index (χ0n) is 18.0. The number of benzene rings is 2. The lowest BCUT2D eigenvalue weighted by molar-refractivity contribution is -0.274. The number of hydrogen-bond donors (Lipinski definition) is 1. The standard InChI is InChI=1S/C23H25F3N2O3S2/c1-16-20-6-2-3-7-21(20)32-22(16)28(33(29)30)15-18(27-12-4-5-13-27)14-17-8-10-19(11-9-17)31-23(24,25)26/h2-3,6-11,18H,4-5,12-15H2,1H3,(H,29,30). The number of fused-ring (bicyclic) bond motifs is 1. The van der Waals surface area contributed by atoms with Crippen molar-refractivity contribution in [3.63, 3.8) is 0 Å². The van der Waals surface area contributed by atoms with Gasteiger partial charge in [0.2, 0.25) is 0 Å². The molecular weight excluding hydrogens is 473 g/mol. The minimum absolute atomic E-state index is 0.0670. The van der Waals surface area contributed by atoms with Crippen LogP contribution in [0.1, 0.15) is 24.0 Å². The van der Waals surface area contributed by atoms with Crippen LogP contribution in [-0.4, -0.2) is 45.7 Å². The SMILES string of the molecule is Cc1c(N(CC(Cc2ccc(OC(F)(F)F)cc2)N2CCCC2)S(=O)O)sc2ccccc12. The lowest BCUT2D eigenvalue weighted by Gasteiger charge is -2.32. The number of likely N-dealkylation sites (tertiary alicyclic amines) is 1. The first-order valence-electron chi connectivity index (χ1n) is 10.7. The number of aryl methyl sites for hydroxylation is 1. The molecule has 2 atom stereocenters. The van der Waals surface area contributed by atoms with Gasteiger partial charge < -0.3 is 4.74 Å². The summed E-state index contributed by atoms with van der Waals surface area (Å²) in [6.45, 7) is 4.06. The molecule has 2 heterocycles. The maximum atomic E-state index is 12.5. The van der Waals surface area contributed by atoms with E-state index in [-0.39, 0.29) is 11.8 Å². The van der Waals surface area contributed by atoms with E-state index in [2.05, 4.69) is 9.64 Å². The summed E-state index contributed by atoms with van der Waals surface area (Å²) in [5.41, 5.74) is 1.81. The van der Waals surface area contributed by atoms with E-state index in [0.29, 0.717) is 13.0 Å². The largest absolute Gasteiger partial charge is 0.573 e. The Kier molecular flexibility index (Phi) is 7.28. The van der Waals surface area contributed by atoms with Gasteiger partial charge in [0.05, 0.1) is 6.54 Å². The fraction of sp³-hybridized carbons (Fsp3) is 0.391. The van der Waals surface area contributed by atoms with E-state index in [9.17, 15) is 21.9 Å². The number of halogens is 3. The molecule has 0 aliphatic carbocycles. The second kappa shape index (κ2) is 10.0. The van der Waals surface area contributed by atoms with Crippen LogP contribution >= 0.6 is 11.3 Å². The van der Waals surface area contributed by atoms with Crippen molar-refractivity contribution in [3.8, 4) is 5.75 Å². The highest BCUT2D eigenvalue weighted by molar-refractivity contribution is 7.81. The fourth-order valence-corrected chi connectivity index (χ4v) is 6.33.